The lowest BCUT2D eigenvalue weighted by Gasteiger charge is -2.25. The van der Waals surface area contributed by atoms with Gasteiger partial charge in [-0.15, -0.1) is 0 Å². The van der Waals surface area contributed by atoms with Gasteiger partial charge in [0.1, 0.15) is 0 Å². The van der Waals surface area contributed by atoms with E-state index in [4.69, 9.17) is 9.52 Å². The van der Waals surface area contributed by atoms with E-state index in [9.17, 15) is 4.79 Å². The predicted octanol–water partition coefficient (Wildman–Crippen LogP) is 3.07. The van der Waals surface area contributed by atoms with E-state index in [0.717, 1.165) is 16.8 Å². The molecule has 0 aliphatic rings. The van der Waals surface area contributed by atoms with Crippen molar-refractivity contribution < 1.29 is 14.3 Å². The lowest BCUT2D eigenvalue weighted by atomic mass is 10.1. The molecule has 100 valence electrons. The summed E-state index contributed by atoms with van der Waals surface area (Å²) in [7, 11) is 0. The zero-order valence-corrected chi connectivity index (χ0v) is 10.9. The second-order valence-corrected chi connectivity index (χ2v) is 4.48. The summed E-state index contributed by atoms with van der Waals surface area (Å²) < 4.78 is 5.06. The molecule has 0 fully saturated rings. The minimum absolute atomic E-state index is 0.117. The minimum atomic E-state index is -0.786. The van der Waals surface area contributed by atoms with E-state index in [1.807, 2.05) is 37.3 Å². The second-order valence-electron chi connectivity index (χ2n) is 4.48. The number of anilines is 1. The van der Waals surface area contributed by atoms with E-state index in [1.165, 1.54) is 0 Å². The summed E-state index contributed by atoms with van der Waals surface area (Å²) in [6.45, 7) is 3.15. The van der Waals surface area contributed by atoms with Crippen LogP contribution >= 0.6 is 0 Å². The Kier molecular flexibility index (Phi) is 4.23. The van der Waals surface area contributed by atoms with Crippen molar-refractivity contribution in [1.82, 2.24) is 0 Å². The maximum atomic E-state index is 10.8. The van der Waals surface area contributed by atoms with Crippen LogP contribution in [0, 0.1) is 6.92 Å². The van der Waals surface area contributed by atoms with Gasteiger partial charge in [0.15, 0.2) is 0 Å². The van der Waals surface area contributed by atoms with E-state index < -0.39 is 5.97 Å². The van der Waals surface area contributed by atoms with Crippen LogP contribution in [0.15, 0.2) is 47.3 Å². The first-order valence-corrected chi connectivity index (χ1v) is 6.20. The predicted molar refractivity (Wildman–Crippen MR) is 73.2 cm³/mol. The molecule has 1 N–H and O–H groups in total. The molecular formula is C15H17NO3. The normalized spacial score (nSPS) is 10.4. The molecule has 0 spiro atoms. The van der Waals surface area contributed by atoms with E-state index in [1.54, 1.807) is 12.5 Å². The number of carboxylic acid groups (broad SMARTS) is 1. The summed E-state index contributed by atoms with van der Waals surface area (Å²) in [6, 6.07) is 9.87. The van der Waals surface area contributed by atoms with Crippen LogP contribution < -0.4 is 4.90 Å². The molecule has 0 aliphatic carbocycles. The number of carbonyl (C=O) groups is 1. The minimum Gasteiger partial charge on any atom is -0.481 e. The van der Waals surface area contributed by atoms with Crippen LogP contribution in [0.2, 0.25) is 0 Å². The summed E-state index contributed by atoms with van der Waals surface area (Å²) in [5.41, 5.74) is 3.23. The van der Waals surface area contributed by atoms with Gasteiger partial charge in [-0.3, -0.25) is 4.79 Å². The lowest BCUT2D eigenvalue weighted by Crippen LogP contribution is -2.26. The first-order chi connectivity index (χ1) is 9.16. The first kappa shape index (κ1) is 13.2. The van der Waals surface area contributed by atoms with Gasteiger partial charge in [0, 0.05) is 24.3 Å². The van der Waals surface area contributed by atoms with Crippen LogP contribution in [0.4, 0.5) is 5.69 Å². The van der Waals surface area contributed by atoms with Gasteiger partial charge in [-0.1, -0.05) is 18.2 Å². The molecule has 1 aromatic heterocycles. The van der Waals surface area contributed by atoms with Crippen molar-refractivity contribution in [2.45, 2.75) is 19.9 Å². The van der Waals surface area contributed by atoms with Crippen molar-refractivity contribution in [3.05, 3.63) is 54.0 Å². The Morgan fingerprint density at radius 1 is 1.32 bits per heavy atom. The number of benzene rings is 1. The number of aliphatic carboxylic acids is 1. The molecule has 4 heteroatoms. The van der Waals surface area contributed by atoms with Gasteiger partial charge in [0.05, 0.1) is 18.9 Å². The first-order valence-electron chi connectivity index (χ1n) is 6.20. The summed E-state index contributed by atoms with van der Waals surface area (Å²) in [4.78, 5) is 12.8. The number of aryl methyl sites for hydroxylation is 1. The molecule has 0 radical (unpaired) electrons. The fourth-order valence-electron chi connectivity index (χ4n) is 2.04. The molecule has 1 heterocycles. The summed E-state index contributed by atoms with van der Waals surface area (Å²) >= 11 is 0. The van der Waals surface area contributed by atoms with Crippen molar-refractivity contribution in [3.8, 4) is 0 Å². The van der Waals surface area contributed by atoms with Crippen molar-refractivity contribution in [2.24, 2.45) is 0 Å². The van der Waals surface area contributed by atoms with E-state index in [2.05, 4.69) is 4.90 Å². The Hall–Kier alpha value is -2.23. The smallest absolute Gasteiger partial charge is 0.305 e. The zero-order valence-electron chi connectivity index (χ0n) is 10.9. The molecule has 0 atom stereocenters. The summed E-state index contributed by atoms with van der Waals surface area (Å²) in [5.74, 6) is -0.786. The largest absolute Gasteiger partial charge is 0.481 e. The Morgan fingerprint density at radius 2 is 2.11 bits per heavy atom. The molecule has 0 amide bonds. The number of carboxylic acids is 1. The van der Waals surface area contributed by atoms with E-state index in [-0.39, 0.29) is 6.42 Å². The van der Waals surface area contributed by atoms with Crippen molar-refractivity contribution in [3.63, 3.8) is 0 Å². The number of furan rings is 1. The van der Waals surface area contributed by atoms with E-state index in [0.29, 0.717) is 13.1 Å². The molecule has 0 aliphatic heterocycles. The highest BCUT2D eigenvalue weighted by Gasteiger charge is 2.12. The Labute approximate surface area is 112 Å². The molecule has 19 heavy (non-hydrogen) atoms. The van der Waals surface area contributed by atoms with Gasteiger partial charge < -0.3 is 14.4 Å². The van der Waals surface area contributed by atoms with Gasteiger partial charge >= 0.3 is 5.97 Å². The average molecular weight is 259 g/mol. The topological polar surface area (TPSA) is 53.7 Å². The van der Waals surface area contributed by atoms with Crippen LogP contribution in [-0.4, -0.2) is 17.6 Å². The van der Waals surface area contributed by atoms with Crippen LogP contribution in [0.1, 0.15) is 17.5 Å². The monoisotopic (exact) mass is 259 g/mol. The fourth-order valence-corrected chi connectivity index (χ4v) is 2.04. The second kappa shape index (κ2) is 6.09. The third-order valence-electron chi connectivity index (χ3n) is 3.01. The third-order valence-corrected chi connectivity index (χ3v) is 3.01. The maximum Gasteiger partial charge on any atom is 0.305 e. The summed E-state index contributed by atoms with van der Waals surface area (Å²) in [6.07, 6.45) is 3.43. The summed E-state index contributed by atoms with van der Waals surface area (Å²) in [5, 5.41) is 8.86. The highest BCUT2D eigenvalue weighted by Crippen LogP contribution is 2.22. The van der Waals surface area contributed by atoms with Crippen LogP contribution in [0.25, 0.3) is 0 Å². The standard InChI is InChI=1S/C15H17NO3/c1-12-4-2-3-5-14(12)16(8-6-15(17)18)10-13-7-9-19-11-13/h2-5,7,9,11H,6,8,10H2,1H3,(H,17,18). The van der Waals surface area contributed by atoms with Crippen LogP contribution in [0.3, 0.4) is 0 Å². The third kappa shape index (κ3) is 3.61. The van der Waals surface area contributed by atoms with Gasteiger partial charge in [0.25, 0.3) is 0 Å². The van der Waals surface area contributed by atoms with Crippen LogP contribution in [-0.2, 0) is 11.3 Å². The maximum absolute atomic E-state index is 10.8. The molecule has 1 aromatic carbocycles. The van der Waals surface area contributed by atoms with Crippen molar-refractivity contribution >= 4 is 11.7 Å². The van der Waals surface area contributed by atoms with Gasteiger partial charge in [-0.05, 0) is 24.6 Å². The molecule has 2 rings (SSSR count). The molecule has 0 bridgehead atoms. The molecule has 0 saturated heterocycles. The Morgan fingerprint density at radius 3 is 2.74 bits per heavy atom. The van der Waals surface area contributed by atoms with Gasteiger partial charge in [-0.25, -0.2) is 0 Å². The lowest BCUT2D eigenvalue weighted by molar-refractivity contribution is -0.136. The Bertz CT molecular complexity index is 534. The quantitative estimate of drug-likeness (QED) is 0.866. The SMILES string of the molecule is Cc1ccccc1N(CCC(=O)O)Cc1ccoc1. The zero-order chi connectivity index (χ0) is 13.7. The highest BCUT2D eigenvalue weighted by atomic mass is 16.4. The molecule has 2 aromatic rings. The molecule has 0 saturated carbocycles. The number of hydrogen-bond donors (Lipinski definition) is 1. The highest BCUT2D eigenvalue weighted by molar-refractivity contribution is 5.68. The number of rotatable bonds is 6. The average Bonchev–Trinajstić information content (AvgIpc) is 2.88. The van der Waals surface area contributed by atoms with Gasteiger partial charge in [0.2, 0.25) is 0 Å². The fraction of sp³-hybridized carbons (Fsp3) is 0.267. The van der Waals surface area contributed by atoms with Crippen LogP contribution in [0.5, 0.6) is 0 Å². The number of nitrogens with zero attached hydrogens (tertiary/aromatic N) is 1. The van der Waals surface area contributed by atoms with Crippen molar-refractivity contribution in [2.75, 3.05) is 11.4 Å². The molecule has 0 unspecified atom stereocenters. The van der Waals surface area contributed by atoms with Crippen molar-refractivity contribution in [1.29, 1.82) is 0 Å². The van der Waals surface area contributed by atoms with Gasteiger partial charge in [-0.2, -0.15) is 0 Å². The Balaban J connectivity index is 2.18. The number of hydrogen-bond acceptors (Lipinski definition) is 3. The number of para-hydroxylation sites is 1. The molecular weight excluding hydrogens is 242 g/mol. The molecule has 4 nitrogen and oxygen atoms in total. The van der Waals surface area contributed by atoms with E-state index >= 15 is 0 Å².